The summed E-state index contributed by atoms with van der Waals surface area (Å²) < 4.78 is 15.5. The Labute approximate surface area is 143 Å². The smallest absolute Gasteiger partial charge is 0.292 e. The lowest BCUT2D eigenvalue weighted by Crippen LogP contribution is -2.42. The Morgan fingerprint density at radius 2 is 1.68 bits per heavy atom. The minimum atomic E-state index is -0.533. The van der Waals surface area contributed by atoms with Gasteiger partial charge in [0.25, 0.3) is 5.56 Å². The second kappa shape index (κ2) is 6.47. The van der Waals surface area contributed by atoms with E-state index in [0.29, 0.717) is 16.5 Å². The fraction of sp³-hybridized carbons (Fsp3) is 0.211. The summed E-state index contributed by atoms with van der Waals surface area (Å²) in [5, 5.41) is 0.378. The predicted molar refractivity (Wildman–Crippen MR) is 93.6 cm³/mol. The van der Waals surface area contributed by atoms with Crippen molar-refractivity contribution < 1.29 is 9.18 Å². The first-order valence-corrected chi connectivity index (χ1v) is 7.93. The van der Waals surface area contributed by atoms with Crippen molar-refractivity contribution in [3.05, 3.63) is 80.7 Å². The summed E-state index contributed by atoms with van der Waals surface area (Å²) in [5.74, 6) is -0.770. The minimum absolute atomic E-state index is 0.224. The molecule has 0 aliphatic rings. The first kappa shape index (κ1) is 16.8. The molecule has 0 spiro atoms. The molecule has 1 heterocycles. The minimum Gasteiger partial charge on any atom is -0.292 e. The summed E-state index contributed by atoms with van der Waals surface area (Å²) in [5.41, 5.74) is -0.195. The number of rotatable bonds is 4. The van der Waals surface area contributed by atoms with Gasteiger partial charge in [0.1, 0.15) is 5.82 Å². The van der Waals surface area contributed by atoms with E-state index in [-0.39, 0.29) is 23.9 Å². The Balaban J connectivity index is 2.18. The molecule has 0 aliphatic heterocycles. The number of ketones is 1. The largest absolute Gasteiger partial charge is 0.332 e. The van der Waals surface area contributed by atoms with Crippen molar-refractivity contribution in [3.8, 4) is 0 Å². The lowest BCUT2D eigenvalue weighted by Gasteiger charge is -2.15. The van der Waals surface area contributed by atoms with E-state index in [1.54, 1.807) is 38.1 Å². The zero-order valence-electron chi connectivity index (χ0n) is 13.9. The standard InChI is InChI=1S/C19H17FN2O3/c1-12(2)22-18(24)15-5-3-4-6-16(15)21(19(22)25)11-17(23)13-7-9-14(20)10-8-13/h3-10,12H,11H2,1-2H3. The molecule has 3 rings (SSSR count). The molecule has 0 fully saturated rings. The van der Waals surface area contributed by atoms with E-state index in [2.05, 4.69) is 0 Å². The van der Waals surface area contributed by atoms with Gasteiger partial charge in [-0.25, -0.2) is 9.18 Å². The summed E-state index contributed by atoms with van der Waals surface area (Å²) >= 11 is 0. The highest BCUT2D eigenvalue weighted by Gasteiger charge is 2.17. The number of fused-ring (bicyclic) bond motifs is 1. The Morgan fingerprint density at radius 1 is 1.04 bits per heavy atom. The third kappa shape index (κ3) is 3.03. The Bertz CT molecular complexity index is 1060. The second-order valence-electron chi connectivity index (χ2n) is 6.08. The Hall–Kier alpha value is -3.02. The van der Waals surface area contributed by atoms with Gasteiger partial charge in [-0.1, -0.05) is 12.1 Å². The van der Waals surface area contributed by atoms with Crippen LogP contribution < -0.4 is 11.2 Å². The molecule has 0 saturated heterocycles. The normalized spacial score (nSPS) is 11.2. The highest BCUT2D eigenvalue weighted by Crippen LogP contribution is 2.11. The molecule has 128 valence electrons. The number of benzene rings is 2. The van der Waals surface area contributed by atoms with Crippen LogP contribution in [0.15, 0.2) is 58.1 Å². The molecular weight excluding hydrogens is 323 g/mol. The molecular formula is C19H17FN2O3. The topological polar surface area (TPSA) is 61.1 Å². The molecule has 2 aromatic carbocycles. The number of halogens is 1. The molecule has 1 aromatic heterocycles. The molecule has 0 bridgehead atoms. The number of carbonyl (C=O) groups is 1. The van der Waals surface area contributed by atoms with Crippen molar-refractivity contribution in [2.45, 2.75) is 26.4 Å². The van der Waals surface area contributed by atoms with Gasteiger partial charge in [0.15, 0.2) is 5.78 Å². The van der Waals surface area contributed by atoms with Gasteiger partial charge in [0, 0.05) is 11.6 Å². The molecule has 0 unspecified atom stereocenters. The van der Waals surface area contributed by atoms with E-state index in [9.17, 15) is 18.8 Å². The summed E-state index contributed by atoms with van der Waals surface area (Å²) in [6.07, 6.45) is 0. The maximum Gasteiger partial charge on any atom is 0.332 e. The summed E-state index contributed by atoms with van der Waals surface area (Å²) in [7, 11) is 0. The van der Waals surface area contributed by atoms with Gasteiger partial charge in [-0.15, -0.1) is 0 Å². The van der Waals surface area contributed by atoms with Crippen molar-refractivity contribution in [2.75, 3.05) is 0 Å². The number of hydrogen-bond donors (Lipinski definition) is 0. The van der Waals surface area contributed by atoms with Crippen LogP contribution in [0.3, 0.4) is 0 Å². The third-order valence-corrected chi connectivity index (χ3v) is 4.07. The van der Waals surface area contributed by atoms with E-state index in [0.717, 1.165) is 4.57 Å². The highest BCUT2D eigenvalue weighted by atomic mass is 19.1. The van der Waals surface area contributed by atoms with Crippen LogP contribution in [0.25, 0.3) is 10.9 Å². The highest BCUT2D eigenvalue weighted by molar-refractivity contribution is 5.96. The van der Waals surface area contributed by atoms with Crippen molar-refractivity contribution >= 4 is 16.7 Å². The van der Waals surface area contributed by atoms with E-state index in [1.165, 1.54) is 28.8 Å². The van der Waals surface area contributed by atoms with Gasteiger partial charge < -0.3 is 0 Å². The number of hydrogen-bond acceptors (Lipinski definition) is 3. The van der Waals surface area contributed by atoms with Gasteiger partial charge in [-0.3, -0.25) is 18.7 Å². The molecule has 6 heteroatoms. The summed E-state index contributed by atoms with van der Waals surface area (Å²) in [6, 6.07) is 11.5. The molecule has 0 radical (unpaired) electrons. The third-order valence-electron chi connectivity index (χ3n) is 4.07. The molecule has 0 saturated carbocycles. The van der Waals surface area contributed by atoms with E-state index in [1.807, 2.05) is 0 Å². The van der Waals surface area contributed by atoms with Crippen LogP contribution in [0.1, 0.15) is 30.2 Å². The first-order valence-electron chi connectivity index (χ1n) is 7.93. The van der Waals surface area contributed by atoms with Crippen LogP contribution in [0.4, 0.5) is 4.39 Å². The SMILES string of the molecule is CC(C)n1c(=O)c2ccccc2n(CC(=O)c2ccc(F)cc2)c1=O. The zero-order chi connectivity index (χ0) is 18.1. The van der Waals surface area contributed by atoms with E-state index >= 15 is 0 Å². The van der Waals surface area contributed by atoms with Gasteiger partial charge in [0.2, 0.25) is 0 Å². The Kier molecular flexibility index (Phi) is 4.35. The lowest BCUT2D eigenvalue weighted by molar-refractivity contribution is 0.0971. The van der Waals surface area contributed by atoms with Crippen LogP contribution in [0.2, 0.25) is 0 Å². The number of Topliss-reactive ketones (excluding diaryl/α,β-unsaturated/α-hetero) is 1. The average Bonchev–Trinajstić information content (AvgIpc) is 2.59. The second-order valence-corrected chi connectivity index (χ2v) is 6.08. The maximum absolute atomic E-state index is 13.0. The van der Waals surface area contributed by atoms with Crippen LogP contribution >= 0.6 is 0 Å². The van der Waals surface area contributed by atoms with Crippen molar-refractivity contribution in [1.82, 2.24) is 9.13 Å². The van der Waals surface area contributed by atoms with E-state index in [4.69, 9.17) is 0 Å². The van der Waals surface area contributed by atoms with E-state index < -0.39 is 11.5 Å². The number of nitrogens with zero attached hydrogens (tertiary/aromatic N) is 2. The van der Waals surface area contributed by atoms with Crippen LogP contribution in [0.5, 0.6) is 0 Å². The summed E-state index contributed by atoms with van der Waals surface area (Å²) in [6.45, 7) is 3.26. The number of para-hydroxylation sites is 1. The number of carbonyl (C=O) groups excluding carboxylic acids is 1. The molecule has 3 aromatic rings. The molecule has 0 amide bonds. The average molecular weight is 340 g/mol. The quantitative estimate of drug-likeness (QED) is 0.686. The fourth-order valence-electron chi connectivity index (χ4n) is 2.82. The molecule has 0 N–H and O–H groups in total. The number of aromatic nitrogens is 2. The lowest BCUT2D eigenvalue weighted by atomic mass is 10.1. The van der Waals surface area contributed by atoms with Crippen molar-refractivity contribution in [3.63, 3.8) is 0 Å². The summed E-state index contributed by atoms with van der Waals surface area (Å²) in [4.78, 5) is 37.9. The van der Waals surface area contributed by atoms with Crippen LogP contribution in [-0.2, 0) is 6.54 Å². The van der Waals surface area contributed by atoms with Crippen LogP contribution in [0, 0.1) is 5.82 Å². The molecule has 0 aliphatic carbocycles. The predicted octanol–water partition coefficient (Wildman–Crippen LogP) is 2.77. The zero-order valence-corrected chi connectivity index (χ0v) is 13.9. The van der Waals surface area contributed by atoms with Gasteiger partial charge in [-0.05, 0) is 50.2 Å². The van der Waals surface area contributed by atoms with Crippen LogP contribution in [-0.4, -0.2) is 14.9 Å². The Morgan fingerprint density at radius 3 is 2.32 bits per heavy atom. The van der Waals surface area contributed by atoms with Gasteiger partial charge >= 0.3 is 5.69 Å². The van der Waals surface area contributed by atoms with Crippen molar-refractivity contribution in [1.29, 1.82) is 0 Å². The van der Waals surface area contributed by atoms with Gasteiger partial charge in [0.05, 0.1) is 17.4 Å². The van der Waals surface area contributed by atoms with Crippen molar-refractivity contribution in [2.24, 2.45) is 0 Å². The molecule has 5 nitrogen and oxygen atoms in total. The fourth-order valence-corrected chi connectivity index (χ4v) is 2.82. The maximum atomic E-state index is 13.0. The first-order chi connectivity index (χ1) is 11.9. The molecule has 25 heavy (non-hydrogen) atoms. The van der Waals surface area contributed by atoms with Gasteiger partial charge in [-0.2, -0.15) is 0 Å². The molecule has 0 atom stereocenters. The monoisotopic (exact) mass is 340 g/mol.